The number of carbonyl (C=O) groups is 1. The summed E-state index contributed by atoms with van der Waals surface area (Å²) in [5.74, 6) is -2.48. The molecular formula is C13H20F3NO4S. The fraction of sp³-hybridized carbons (Fsp3) is 0.923. The summed E-state index contributed by atoms with van der Waals surface area (Å²) in [6.07, 6.45) is -4.46. The fourth-order valence-electron chi connectivity index (χ4n) is 3.21. The standard InChI is InChI=1S/C13H20F3NO4S/c1-12(11(18)19)6-7-17(8-12)22(20,21)10-4-2-9(3-5-10)13(14,15)16/h9-10H,2-8H2,1H3,(H,18,19). The normalized spacial score (nSPS) is 34.7. The summed E-state index contributed by atoms with van der Waals surface area (Å²) in [4.78, 5) is 11.2. The van der Waals surface area contributed by atoms with Crippen molar-refractivity contribution in [3.05, 3.63) is 0 Å². The number of alkyl halides is 3. The van der Waals surface area contributed by atoms with Crippen LogP contribution < -0.4 is 0 Å². The van der Waals surface area contributed by atoms with Gasteiger partial charge in [0.15, 0.2) is 0 Å². The van der Waals surface area contributed by atoms with Gasteiger partial charge in [0.2, 0.25) is 10.0 Å². The van der Waals surface area contributed by atoms with Crippen LogP contribution in [0.2, 0.25) is 0 Å². The lowest BCUT2D eigenvalue weighted by Crippen LogP contribution is -2.42. The van der Waals surface area contributed by atoms with Gasteiger partial charge in [0.1, 0.15) is 0 Å². The fourth-order valence-corrected chi connectivity index (χ4v) is 5.31. The molecular weight excluding hydrogens is 323 g/mol. The Hall–Kier alpha value is -0.830. The van der Waals surface area contributed by atoms with Crippen LogP contribution in [0.15, 0.2) is 0 Å². The molecule has 1 saturated carbocycles. The van der Waals surface area contributed by atoms with Gasteiger partial charge in [-0.1, -0.05) is 0 Å². The predicted octanol–water partition coefficient (Wildman–Crippen LogP) is 2.23. The molecule has 22 heavy (non-hydrogen) atoms. The third-order valence-electron chi connectivity index (χ3n) is 4.87. The first-order valence-electron chi connectivity index (χ1n) is 7.26. The maximum atomic E-state index is 12.6. The van der Waals surface area contributed by atoms with Gasteiger partial charge in [0, 0.05) is 13.1 Å². The number of rotatable bonds is 3. The number of sulfonamides is 1. The second-order valence-corrected chi connectivity index (χ2v) is 8.72. The van der Waals surface area contributed by atoms with Crippen molar-refractivity contribution < 1.29 is 31.5 Å². The molecule has 1 aliphatic heterocycles. The molecule has 0 aromatic heterocycles. The minimum atomic E-state index is -4.27. The van der Waals surface area contributed by atoms with Crippen LogP contribution in [-0.4, -0.2) is 48.3 Å². The monoisotopic (exact) mass is 343 g/mol. The summed E-state index contributed by atoms with van der Waals surface area (Å²) in [6, 6.07) is 0. The Morgan fingerprint density at radius 2 is 1.77 bits per heavy atom. The summed E-state index contributed by atoms with van der Waals surface area (Å²) in [6.45, 7) is 1.50. The van der Waals surface area contributed by atoms with Crippen molar-refractivity contribution >= 4 is 16.0 Å². The number of nitrogens with zero attached hydrogens (tertiary/aromatic N) is 1. The molecule has 1 aliphatic carbocycles. The van der Waals surface area contributed by atoms with E-state index in [0.717, 1.165) is 4.31 Å². The van der Waals surface area contributed by atoms with E-state index in [2.05, 4.69) is 0 Å². The molecule has 1 heterocycles. The van der Waals surface area contributed by atoms with Crippen molar-refractivity contribution in [1.29, 1.82) is 0 Å². The number of carboxylic acids is 1. The van der Waals surface area contributed by atoms with Gasteiger partial charge < -0.3 is 5.11 Å². The van der Waals surface area contributed by atoms with E-state index in [-0.39, 0.29) is 45.2 Å². The predicted molar refractivity (Wildman–Crippen MR) is 72.7 cm³/mol. The second-order valence-electron chi connectivity index (χ2n) is 6.51. The first-order chi connectivity index (χ1) is 9.97. The molecule has 1 atom stereocenters. The smallest absolute Gasteiger partial charge is 0.391 e. The first-order valence-corrected chi connectivity index (χ1v) is 8.76. The molecule has 0 bridgehead atoms. The average Bonchev–Trinajstić information content (AvgIpc) is 2.83. The van der Waals surface area contributed by atoms with Crippen LogP contribution in [0.3, 0.4) is 0 Å². The van der Waals surface area contributed by atoms with Crippen LogP contribution in [0.25, 0.3) is 0 Å². The van der Waals surface area contributed by atoms with E-state index in [9.17, 15) is 26.4 Å². The lowest BCUT2D eigenvalue weighted by Gasteiger charge is -2.32. The molecule has 1 saturated heterocycles. The molecule has 0 radical (unpaired) electrons. The topological polar surface area (TPSA) is 74.7 Å². The highest BCUT2D eigenvalue weighted by molar-refractivity contribution is 7.89. The SMILES string of the molecule is CC1(C(=O)O)CCN(S(=O)(=O)C2CCC(C(F)(F)F)CC2)C1. The van der Waals surface area contributed by atoms with Crippen molar-refractivity contribution in [3.8, 4) is 0 Å². The minimum absolute atomic E-state index is 0.0210. The lowest BCUT2D eigenvalue weighted by molar-refractivity contribution is -0.181. The van der Waals surface area contributed by atoms with E-state index in [0.29, 0.717) is 0 Å². The summed E-state index contributed by atoms with van der Waals surface area (Å²) < 4.78 is 64.0. The molecule has 0 amide bonds. The van der Waals surface area contributed by atoms with E-state index in [1.54, 1.807) is 0 Å². The van der Waals surface area contributed by atoms with Gasteiger partial charge in [-0.25, -0.2) is 12.7 Å². The summed E-state index contributed by atoms with van der Waals surface area (Å²) in [5.41, 5.74) is -1.11. The molecule has 5 nitrogen and oxygen atoms in total. The molecule has 1 unspecified atom stereocenters. The molecule has 0 spiro atoms. The largest absolute Gasteiger partial charge is 0.481 e. The number of hydrogen-bond donors (Lipinski definition) is 1. The summed E-state index contributed by atoms with van der Waals surface area (Å²) >= 11 is 0. The minimum Gasteiger partial charge on any atom is -0.481 e. The highest BCUT2D eigenvalue weighted by Gasteiger charge is 2.49. The van der Waals surface area contributed by atoms with Crippen LogP contribution in [0.5, 0.6) is 0 Å². The number of aliphatic carboxylic acids is 1. The van der Waals surface area contributed by atoms with Crippen LogP contribution in [0.4, 0.5) is 13.2 Å². The quantitative estimate of drug-likeness (QED) is 0.853. The van der Waals surface area contributed by atoms with Crippen molar-refractivity contribution in [3.63, 3.8) is 0 Å². The maximum absolute atomic E-state index is 12.6. The maximum Gasteiger partial charge on any atom is 0.391 e. The van der Waals surface area contributed by atoms with Gasteiger partial charge in [-0.15, -0.1) is 0 Å². The van der Waals surface area contributed by atoms with Gasteiger partial charge in [0.05, 0.1) is 16.6 Å². The van der Waals surface area contributed by atoms with Gasteiger partial charge in [0.25, 0.3) is 0 Å². The molecule has 2 fully saturated rings. The van der Waals surface area contributed by atoms with Crippen molar-refractivity contribution in [2.24, 2.45) is 11.3 Å². The number of carboxylic acid groups (broad SMARTS) is 1. The lowest BCUT2D eigenvalue weighted by atomic mass is 9.88. The molecule has 0 aromatic rings. The zero-order valence-electron chi connectivity index (χ0n) is 12.3. The Bertz CT molecular complexity index is 540. The molecule has 128 valence electrons. The Balaban J connectivity index is 2.03. The van der Waals surface area contributed by atoms with Crippen molar-refractivity contribution in [2.75, 3.05) is 13.1 Å². The van der Waals surface area contributed by atoms with Gasteiger partial charge in [-0.2, -0.15) is 13.2 Å². The second kappa shape index (κ2) is 5.67. The zero-order chi connectivity index (χ0) is 16.8. The highest BCUT2D eigenvalue weighted by atomic mass is 32.2. The van der Waals surface area contributed by atoms with Crippen molar-refractivity contribution in [2.45, 2.75) is 50.5 Å². The number of halogens is 3. The molecule has 1 N–H and O–H groups in total. The van der Waals surface area contributed by atoms with E-state index >= 15 is 0 Å². The van der Waals surface area contributed by atoms with Crippen LogP contribution in [-0.2, 0) is 14.8 Å². The Morgan fingerprint density at radius 3 is 2.18 bits per heavy atom. The van der Waals surface area contributed by atoms with Gasteiger partial charge in [-0.05, 0) is 39.0 Å². The highest BCUT2D eigenvalue weighted by Crippen LogP contribution is 2.41. The Morgan fingerprint density at radius 1 is 1.23 bits per heavy atom. The first kappa shape index (κ1) is 17.5. The summed E-state index contributed by atoms with van der Waals surface area (Å²) in [5, 5.41) is 8.31. The van der Waals surface area contributed by atoms with Crippen LogP contribution >= 0.6 is 0 Å². The molecule has 2 aliphatic rings. The van der Waals surface area contributed by atoms with E-state index in [4.69, 9.17) is 5.11 Å². The molecule has 2 rings (SSSR count). The van der Waals surface area contributed by atoms with Crippen LogP contribution in [0, 0.1) is 11.3 Å². The number of hydrogen-bond acceptors (Lipinski definition) is 3. The molecule has 0 aromatic carbocycles. The average molecular weight is 343 g/mol. The van der Waals surface area contributed by atoms with Gasteiger partial charge >= 0.3 is 12.1 Å². The Kier molecular flexibility index (Phi) is 4.51. The third kappa shape index (κ3) is 3.24. The van der Waals surface area contributed by atoms with E-state index in [1.165, 1.54) is 6.92 Å². The van der Waals surface area contributed by atoms with Gasteiger partial charge in [-0.3, -0.25) is 4.79 Å². The zero-order valence-corrected chi connectivity index (χ0v) is 13.1. The van der Waals surface area contributed by atoms with Crippen LogP contribution in [0.1, 0.15) is 39.0 Å². The summed E-state index contributed by atoms with van der Waals surface area (Å²) in [7, 11) is -3.73. The third-order valence-corrected chi connectivity index (χ3v) is 7.22. The van der Waals surface area contributed by atoms with E-state index in [1.807, 2.05) is 0 Å². The Labute approximate surface area is 127 Å². The molecule has 9 heteroatoms. The van der Waals surface area contributed by atoms with Crippen molar-refractivity contribution in [1.82, 2.24) is 4.31 Å². The van der Waals surface area contributed by atoms with E-state index < -0.39 is 38.8 Å².